The summed E-state index contributed by atoms with van der Waals surface area (Å²) in [6.07, 6.45) is 3.29. The summed E-state index contributed by atoms with van der Waals surface area (Å²) >= 11 is 0. The first-order chi connectivity index (χ1) is 8.81. The van der Waals surface area contributed by atoms with E-state index in [1.807, 2.05) is 12.1 Å². The van der Waals surface area contributed by atoms with E-state index >= 15 is 0 Å². The van der Waals surface area contributed by atoms with E-state index in [1.165, 1.54) is 12.0 Å². The van der Waals surface area contributed by atoms with Gasteiger partial charge in [-0.15, -0.1) is 0 Å². The number of anilines is 1. The molecule has 0 radical (unpaired) electrons. The summed E-state index contributed by atoms with van der Waals surface area (Å²) in [7, 11) is 0. The van der Waals surface area contributed by atoms with Crippen molar-refractivity contribution < 1.29 is 4.42 Å². The lowest BCUT2D eigenvalue weighted by Gasteiger charge is -2.05. The van der Waals surface area contributed by atoms with Gasteiger partial charge < -0.3 is 9.73 Å². The van der Waals surface area contributed by atoms with Gasteiger partial charge in [0.2, 0.25) is 0 Å². The summed E-state index contributed by atoms with van der Waals surface area (Å²) in [5, 5.41) is 3.37. The molecule has 2 aromatic rings. The summed E-state index contributed by atoms with van der Waals surface area (Å²) in [5.41, 5.74) is 2.54. The van der Waals surface area contributed by atoms with Gasteiger partial charge in [-0.05, 0) is 36.2 Å². The average Bonchev–Trinajstić information content (AvgIpc) is 2.86. The van der Waals surface area contributed by atoms with E-state index in [-0.39, 0.29) is 0 Å². The molecule has 1 heterocycles. The van der Waals surface area contributed by atoms with E-state index in [2.05, 4.69) is 43.4 Å². The molecule has 0 unspecified atom stereocenters. The number of hydrogen-bond acceptors (Lipinski definition) is 2. The van der Waals surface area contributed by atoms with Gasteiger partial charge in [0.05, 0.1) is 6.54 Å². The van der Waals surface area contributed by atoms with E-state index in [0.717, 1.165) is 36.6 Å². The summed E-state index contributed by atoms with van der Waals surface area (Å²) in [5.74, 6) is 2.04. The Morgan fingerprint density at radius 2 is 1.67 bits per heavy atom. The third kappa shape index (κ3) is 3.39. The standard InChI is InChI=1S/C16H21NO/c1-3-5-13-6-8-14(9-7-13)17-12-16-11-10-15(4-2)18-16/h6-11,17H,3-5,12H2,1-2H3. The van der Waals surface area contributed by atoms with Crippen molar-refractivity contribution in [3.8, 4) is 0 Å². The normalized spacial score (nSPS) is 10.6. The summed E-state index contributed by atoms with van der Waals surface area (Å²) in [6.45, 7) is 5.05. The van der Waals surface area contributed by atoms with E-state index in [1.54, 1.807) is 0 Å². The zero-order valence-electron chi connectivity index (χ0n) is 11.2. The molecule has 0 bridgehead atoms. The van der Waals surface area contributed by atoms with Crippen LogP contribution in [-0.2, 0) is 19.4 Å². The largest absolute Gasteiger partial charge is 0.464 e. The fraction of sp³-hybridized carbons (Fsp3) is 0.375. The molecular weight excluding hydrogens is 222 g/mol. The van der Waals surface area contributed by atoms with E-state index in [9.17, 15) is 0 Å². The average molecular weight is 243 g/mol. The number of hydrogen-bond donors (Lipinski definition) is 1. The van der Waals surface area contributed by atoms with Crippen LogP contribution in [0.25, 0.3) is 0 Å². The van der Waals surface area contributed by atoms with Crippen LogP contribution in [0.2, 0.25) is 0 Å². The van der Waals surface area contributed by atoms with Crippen molar-refractivity contribution >= 4 is 5.69 Å². The molecule has 18 heavy (non-hydrogen) atoms. The van der Waals surface area contributed by atoms with Gasteiger partial charge in [-0.2, -0.15) is 0 Å². The Morgan fingerprint density at radius 1 is 0.944 bits per heavy atom. The highest BCUT2D eigenvalue weighted by molar-refractivity contribution is 5.44. The van der Waals surface area contributed by atoms with E-state index < -0.39 is 0 Å². The zero-order valence-corrected chi connectivity index (χ0v) is 11.2. The molecule has 1 N–H and O–H groups in total. The predicted molar refractivity (Wildman–Crippen MR) is 75.8 cm³/mol. The van der Waals surface area contributed by atoms with Crippen LogP contribution in [0.15, 0.2) is 40.8 Å². The Balaban J connectivity index is 1.89. The molecule has 0 aliphatic carbocycles. The van der Waals surface area contributed by atoms with Gasteiger partial charge in [0.1, 0.15) is 11.5 Å². The minimum atomic E-state index is 0.743. The van der Waals surface area contributed by atoms with Crippen LogP contribution in [0.1, 0.15) is 37.4 Å². The van der Waals surface area contributed by atoms with Crippen molar-refractivity contribution in [1.29, 1.82) is 0 Å². The molecule has 0 amide bonds. The SMILES string of the molecule is CCCc1ccc(NCc2ccc(CC)o2)cc1. The third-order valence-corrected chi connectivity index (χ3v) is 3.03. The van der Waals surface area contributed by atoms with Crippen molar-refractivity contribution in [3.05, 3.63) is 53.5 Å². The quantitative estimate of drug-likeness (QED) is 0.813. The second-order valence-electron chi connectivity index (χ2n) is 4.52. The van der Waals surface area contributed by atoms with Crippen molar-refractivity contribution in [3.63, 3.8) is 0 Å². The molecular formula is C16H21NO. The molecule has 96 valence electrons. The van der Waals surface area contributed by atoms with Gasteiger partial charge >= 0.3 is 0 Å². The van der Waals surface area contributed by atoms with Crippen LogP contribution in [-0.4, -0.2) is 0 Å². The predicted octanol–water partition coefficient (Wildman–Crippen LogP) is 4.41. The van der Waals surface area contributed by atoms with Crippen molar-refractivity contribution in [2.75, 3.05) is 5.32 Å². The van der Waals surface area contributed by atoms with E-state index in [4.69, 9.17) is 4.42 Å². The van der Waals surface area contributed by atoms with Gasteiger partial charge in [-0.3, -0.25) is 0 Å². The Kier molecular flexibility index (Phi) is 4.46. The lowest BCUT2D eigenvalue weighted by Crippen LogP contribution is -1.98. The fourth-order valence-electron chi connectivity index (χ4n) is 1.97. The lowest BCUT2D eigenvalue weighted by molar-refractivity contribution is 0.476. The summed E-state index contributed by atoms with van der Waals surface area (Å²) in [6, 6.07) is 12.7. The molecule has 0 saturated heterocycles. The minimum Gasteiger partial charge on any atom is -0.464 e. The maximum Gasteiger partial charge on any atom is 0.123 e. The first-order valence-electron chi connectivity index (χ1n) is 6.72. The fourth-order valence-corrected chi connectivity index (χ4v) is 1.97. The van der Waals surface area contributed by atoms with Crippen LogP contribution in [0, 0.1) is 0 Å². The summed E-state index contributed by atoms with van der Waals surface area (Å²) < 4.78 is 5.65. The van der Waals surface area contributed by atoms with Crippen molar-refractivity contribution in [2.24, 2.45) is 0 Å². The van der Waals surface area contributed by atoms with E-state index in [0.29, 0.717) is 0 Å². The van der Waals surface area contributed by atoms with Gasteiger partial charge in [-0.1, -0.05) is 32.4 Å². The molecule has 0 aliphatic heterocycles. The maximum atomic E-state index is 5.65. The van der Waals surface area contributed by atoms with Gasteiger partial charge in [0, 0.05) is 12.1 Å². The second kappa shape index (κ2) is 6.29. The number of nitrogens with one attached hydrogen (secondary N) is 1. The monoisotopic (exact) mass is 243 g/mol. The molecule has 0 fully saturated rings. The molecule has 0 atom stereocenters. The van der Waals surface area contributed by atoms with Crippen molar-refractivity contribution in [1.82, 2.24) is 0 Å². The smallest absolute Gasteiger partial charge is 0.123 e. The Morgan fingerprint density at radius 3 is 2.28 bits per heavy atom. The number of benzene rings is 1. The first-order valence-corrected chi connectivity index (χ1v) is 6.72. The Bertz CT molecular complexity index is 470. The molecule has 0 aliphatic rings. The minimum absolute atomic E-state index is 0.743. The molecule has 1 aromatic heterocycles. The van der Waals surface area contributed by atoms with Crippen molar-refractivity contribution in [2.45, 2.75) is 39.7 Å². The molecule has 0 saturated carbocycles. The number of aryl methyl sites for hydroxylation is 2. The molecule has 2 nitrogen and oxygen atoms in total. The van der Waals surface area contributed by atoms with Gasteiger partial charge in [0.25, 0.3) is 0 Å². The second-order valence-corrected chi connectivity index (χ2v) is 4.52. The van der Waals surface area contributed by atoms with Crippen LogP contribution in [0.5, 0.6) is 0 Å². The Labute approximate surface area is 109 Å². The van der Waals surface area contributed by atoms with Crippen LogP contribution < -0.4 is 5.32 Å². The summed E-state index contributed by atoms with van der Waals surface area (Å²) in [4.78, 5) is 0. The zero-order chi connectivity index (χ0) is 12.8. The highest BCUT2D eigenvalue weighted by Gasteiger charge is 2.00. The van der Waals surface area contributed by atoms with Crippen LogP contribution >= 0.6 is 0 Å². The van der Waals surface area contributed by atoms with Gasteiger partial charge in [-0.25, -0.2) is 0 Å². The Hall–Kier alpha value is -1.70. The highest BCUT2D eigenvalue weighted by Crippen LogP contribution is 2.14. The molecule has 0 spiro atoms. The highest BCUT2D eigenvalue weighted by atomic mass is 16.3. The number of rotatable bonds is 6. The molecule has 2 rings (SSSR count). The first kappa shape index (κ1) is 12.7. The number of furan rings is 1. The third-order valence-electron chi connectivity index (χ3n) is 3.03. The molecule has 2 heteroatoms. The molecule has 1 aromatic carbocycles. The van der Waals surface area contributed by atoms with Gasteiger partial charge in [0.15, 0.2) is 0 Å². The topological polar surface area (TPSA) is 25.2 Å². The maximum absolute atomic E-state index is 5.65. The lowest BCUT2D eigenvalue weighted by atomic mass is 10.1. The van der Waals surface area contributed by atoms with Crippen LogP contribution in [0.3, 0.4) is 0 Å². The van der Waals surface area contributed by atoms with Crippen LogP contribution in [0.4, 0.5) is 5.69 Å².